The number of urea groups is 1. The fraction of sp³-hybridized carbons (Fsp3) is 0.429. The maximum absolute atomic E-state index is 11.8. The van der Waals surface area contributed by atoms with Crippen LogP contribution in [0.5, 0.6) is 0 Å². The number of amides is 2. The standard InChI is InChI=1S/C14H19N3O2/c1-3-9-19-10-14(11-7-5-4-6-8-11)12(15)16-13(18)17(14)2/h4-8H,3,9-10H2,1-2H3,(H2,15,16,18). The van der Waals surface area contributed by atoms with Crippen LogP contribution in [0.25, 0.3) is 0 Å². The lowest BCUT2D eigenvalue weighted by Gasteiger charge is -2.35. The van der Waals surface area contributed by atoms with Gasteiger partial charge in [0, 0.05) is 13.7 Å². The molecule has 1 aliphatic rings. The molecule has 0 aromatic heterocycles. The van der Waals surface area contributed by atoms with E-state index in [1.165, 1.54) is 0 Å². The highest BCUT2D eigenvalue weighted by molar-refractivity contribution is 6.06. The first-order valence-corrected chi connectivity index (χ1v) is 6.38. The molecule has 1 aromatic carbocycles. The molecule has 102 valence electrons. The lowest BCUT2D eigenvalue weighted by molar-refractivity contribution is 0.0604. The fourth-order valence-electron chi connectivity index (χ4n) is 2.28. The number of hydrogen-bond donors (Lipinski definition) is 1. The maximum Gasteiger partial charge on any atom is 0.346 e. The Bertz CT molecular complexity index is 487. The predicted molar refractivity (Wildman–Crippen MR) is 74.0 cm³/mol. The largest absolute Gasteiger partial charge is 0.385 e. The maximum atomic E-state index is 11.8. The van der Waals surface area contributed by atoms with Crippen LogP contribution in [0, 0.1) is 0 Å². The molecule has 0 fully saturated rings. The first-order valence-electron chi connectivity index (χ1n) is 6.38. The Morgan fingerprint density at radius 1 is 1.37 bits per heavy atom. The molecule has 0 aliphatic carbocycles. The number of likely N-dealkylation sites (N-methyl/N-ethyl adjacent to an activating group) is 1. The third kappa shape index (κ3) is 2.21. The van der Waals surface area contributed by atoms with E-state index in [-0.39, 0.29) is 6.03 Å². The van der Waals surface area contributed by atoms with Crippen LogP contribution in [0.2, 0.25) is 0 Å². The molecule has 1 aliphatic heterocycles. The van der Waals surface area contributed by atoms with E-state index in [9.17, 15) is 4.79 Å². The molecule has 2 amide bonds. The minimum Gasteiger partial charge on any atom is -0.385 e. The zero-order chi connectivity index (χ0) is 13.9. The van der Waals surface area contributed by atoms with Crippen molar-refractivity contribution in [2.24, 2.45) is 10.7 Å². The number of carbonyl (C=O) groups excluding carboxylic acids is 1. The molecule has 1 heterocycles. The molecule has 2 N–H and O–H groups in total. The van der Waals surface area contributed by atoms with Crippen LogP contribution >= 0.6 is 0 Å². The molecule has 5 heteroatoms. The summed E-state index contributed by atoms with van der Waals surface area (Å²) in [7, 11) is 1.70. The molecular weight excluding hydrogens is 242 g/mol. The van der Waals surface area contributed by atoms with Crippen LogP contribution in [0.4, 0.5) is 4.79 Å². The topological polar surface area (TPSA) is 67.9 Å². The molecule has 0 bridgehead atoms. The van der Waals surface area contributed by atoms with E-state index < -0.39 is 5.54 Å². The van der Waals surface area contributed by atoms with Crippen molar-refractivity contribution in [3.05, 3.63) is 35.9 Å². The second kappa shape index (κ2) is 5.40. The number of ether oxygens (including phenoxy) is 1. The van der Waals surface area contributed by atoms with Crippen molar-refractivity contribution >= 4 is 11.9 Å². The summed E-state index contributed by atoms with van der Waals surface area (Å²) in [6.07, 6.45) is 0.916. The average molecular weight is 261 g/mol. The smallest absolute Gasteiger partial charge is 0.346 e. The zero-order valence-electron chi connectivity index (χ0n) is 11.3. The third-order valence-corrected chi connectivity index (χ3v) is 3.41. The van der Waals surface area contributed by atoms with Crippen molar-refractivity contribution < 1.29 is 9.53 Å². The van der Waals surface area contributed by atoms with Gasteiger partial charge in [0.2, 0.25) is 0 Å². The molecule has 0 saturated carbocycles. The molecule has 0 spiro atoms. The van der Waals surface area contributed by atoms with Gasteiger partial charge in [-0.25, -0.2) is 4.79 Å². The summed E-state index contributed by atoms with van der Waals surface area (Å²) in [5.74, 6) is 0.294. The Labute approximate surface area is 113 Å². The van der Waals surface area contributed by atoms with Gasteiger partial charge in [0.15, 0.2) is 5.54 Å². The second-order valence-electron chi connectivity index (χ2n) is 4.62. The molecule has 1 aromatic rings. The van der Waals surface area contributed by atoms with E-state index in [1.54, 1.807) is 11.9 Å². The first-order chi connectivity index (χ1) is 9.13. The van der Waals surface area contributed by atoms with Crippen LogP contribution in [0.1, 0.15) is 18.9 Å². The van der Waals surface area contributed by atoms with Gasteiger partial charge < -0.3 is 15.4 Å². The summed E-state index contributed by atoms with van der Waals surface area (Å²) < 4.78 is 5.66. The van der Waals surface area contributed by atoms with Gasteiger partial charge in [-0.2, -0.15) is 4.99 Å². The van der Waals surface area contributed by atoms with Gasteiger partial charge in [-0.05, 0) is 12.0 Å². The Hall–Kier alpha value is -1.88. The second-order valence-corrected chi connectivity index (χ2v) is 4.62. The summed E-state index contributed by atoms with van der Waals surface area (Å²) in [5.41, 5.74) is 6.15. The molecule has 0 radical (unpaired) electrons. The van der Waals surface area contributed by atoms with Crippen molar-refractivity contribution in [2.75, 3.05) is 20.3 Å². The number of nitrogens with zero attached hydrogens (tertiary/aromatic N) is 2. The number of amidine groups is 1. The number of nitrogens with two attached hydrogens (primary N) is 1. The van der Waals surface area contributed by atoms with Crippen LogP contribution in [-0.2, 0) is 10.3 Å². The molecule has 0 saturated heterocycles. The van der Waals surface area contributed by atoms with Gasteiger partial charge in [0.1, 0.15) is 5.84 Å². The molecule has 19 heavy (non-hydrogen) atoms. The average Bonchev–Trinajstić information content (AvgIpc) is 2.64. The van der Waals surface area contributed by atoms with Crippen molar-refractivity contribution in [3.8, 4) is 0 Å². The highest BCUT2D eigenvalue weighted by atomic mass is 16.5. The lowest BCUT2D eigenvalue weighted by Crippen LogP contribution is -2.53. The normalized spacial score (nSPS) is 22.7. The molecule has 1 atom stereocenters. The Kier molecular flexibility index (Phi) is 3.85. The summed E-state index contributed by atoms with van der Waals surface area (Å²) in [6, 6.07) is 9.30. The minimum atomic E-state index is -0.784. The van der Waals surface area contributed by atoms with Gasteiger partial charge in [0.05, 0.1) is 6.61 Å². The van der Waals surface area contributed by atoms with E-state index >= 15 is 0 Å². The van der Waals surface area contributed by atoms with E-state index in [2.05, 4.69) is 4.99 Å². The Morgan fingerprint density at radius 3 is 2.58 bits per heavy atom. The van der Waals surface area contributed by atoms with Crippen LogP contribution in [-0.4, -0.2) is 37.0 Å². The minimum absolute atomic E-state index is 0.294. The quantitative estimate of drug-likeness (QED) is 0.821. The van der Waals surface area contributed by atoms with E-state index in [1.807, 2.05) is 37.3 Å². The van der Waals surface area contributed by atoms with Gasteiger partial charge >= 0.3 is 6.03 Å². The number of aliphatic imine (C=N–C) groups is 1. The number of benzene rings is 1. The van der Waals surface area contributed by atoms with Gasteiger partial charge in [0.25, 0.3) is 0 Å². The Balaban J connectivity index is 2.39. The van der Waals surface area contributed by atoms with E-state index in [0.717, 1.165) is 12.0 Å². The molecular formula is C14H19N3O2. The van der Waals surface area contributed by atoms with Crippen molar-refractivity contribution in [3.63, 3.8) is 0 Å². The summed E-state index contributed by atoms with van der Waals surface area (Å²) in [6.45, 7) is 2.99. The summed E-state index contributed by atoms with van der Waals surface area (Å²) in [4.78, 5) is 17.2. The van der Waals surface area contributed by atoms with Crippen molar-refractivity contribution in [1.29, 1.82) is 0 Å². The van der Waals surface area contributed by atoms with Crippen LogP contribution in [0.3, 0.4) is 0 Å². The fourth-order valence-corrected chi connectivity index (χ4v) is 2.28. The van der Waals surface area contributed by atoms with Crippen molar-refractivity contribution in [2.45, 2.75) is 18.9 Å². The van der Waals surface area contributed by atoms with E-state index in [4.69, 9.17) is 10.5 Å². The summed E-state index contributed by atoms with van der Waals surface area (Å²) >= 11 is 0. The monoisotopic (exact) mass is 261 g/mol. The van der Waals surface area contributed by atoms with Gasteiger partial charge in [-0.15, -0.1) is 0 Å². The first kappa shape index (κ1) is 13.5. The lowest BCUT2D eigenvalue weighted by atomic mass is 9.89. The Morgan fingerprint density at radius 2 is 2.05 bits per heavy atom. The molecule has 1 unspecified atom stereocenters. The highest BCUT2D eigenvalue weighted by Gasteiger charge is 2.48. The highest BCUT2D eigenvalue weighted by Crippen LogP contribution is 2.33. The number of rotatable bonds is 5. The van der Waals surface area contributed by atoms with Crippen molar-refractivity contribution in [1.82, 2.24) is 4.90 Å². The van der Waals surface area contributed by atoms with Gasteiger partial charge in [-0.3, -0.25) is 0 Å². The van der Waals surface area contributed by atoms with Crippen LogP contribution < -0.4 is 5.73 Å². The SMILES string of the molecule is CCCOCC1(c2ccccc2)C(N)=NC(=O)N1C. The molecule has 2 rings (SSSR count). The predicted octanol–water partition coefficient (Wildman–Crippen LogP) is 1.73. The van der Waals surface area contributed by atoms with Gasteiger partial charge in [-0.1, -0.05) is 37.3 Å². The zero-order valence-corrected chi connectivity index (χ0v) is 11.3. The number of hydrogen-bond acceptors (Lipinski definition) is 3. The summed E-state index contributed by atoms with van der Waals surface area (Å²) in [5, 5.41) is 0. The van der Waals surface area contributed by atoms with E-state index in [0.29, 0.717) is 19.0 Å². The van der Waals surface area contributed by atoms with Crippen LogP contribution in [0.15, 0.2) is 35.3 Å². The number of carbonyl (C=O) groups is 1. The third-order valence-electron chi connectivity index (χ3n) is 3.41. The molecule has 5 nitrogen and oxygen atoms in total.